The van der Waals surface area contributed by atoms with Crippen molar-refractivity contribution >= 4 is 23.4 Å². The first-order valence-corrected chi connectivity index (χ1v) is 10.6. The van der Waals surface area contributed by atoms with E-state index in [2.05, 4.69) is 43.4 Å². The summed E-state index contributed by atoms with van der Waals surface area (Å²) in [7, 11) is 0. The molecule has 0 aliphatic heterocycles. The zero-order valence-electron chi connectivity index (χ0n) is 17.7. The molecule has 0 saturated heterocycles. The van der Waals surface area contributed by atoms with Crippen LogP contribution in [-0.2, 0) is 22.6 Å². The lowest BCUT2D eigenvalue weighted by Crippen LogP contribution is -2.47. The van der Waals surface area contributed by atoms with Crippen molar-refractivity contribution in [3.05, 3.63) is 70.2 Å². The van der Waals surface area contributed by atoms with Gasteiger partial charge in [-0.2, -0.15) is 0 Å². The molecule has 1 N–H and O–H groups in total. The van der Waals surface area contributed by atoms with Crippen LogP contribution in [0.1, 0.15) is 56.7 Å². The van der Waals surface area contributed by atoms with Gasteiger partial charge in [0.15, 0.2) is 0 Å². The summed E-state index contributed by atoms with van der Waals surface area (Å²) in [5.74, 6) is 0.307. The number of nitrogens with one attached hydrogen (secondary N) is 1. The second-order valence-corrected chi connectivity index (χ2v) is 8.05. The first kappa shape index (κ1) is 23.0. The average Bonchev–Trinajstić information content (AvgIpc) is 2.71. The molecule has 0 saturated carbocycles. The van der Waals surface area contributed by atoms with Crippen molar-refractivity contribution in [3.8, 4) is 0 Å². The van der Waals surface area contributed by atoms with Gasteiger partial charge in [-0.25, -0.2) is 0 Å². The molecule has 0 aliphatic rings. The lowest BCUT2D eigenvalue weighted by Gasteiger charge is -2.29. The molecule has 2 aromatic rings. The fraction of sp³-hybridized carbons (Fsp3) is 0.417. The monoisotopic (exact) mass is 414 g/mol. The molecule has 1 atom stereocenters. The molecule has 0 fully saturated rings. The minimum Gasteiger partial charge on any atom is -0.355 e. The maximum absolute atomic E-state index is 13.0. The average molecular weight is 415 g/mol. The van der Waals surface area contributed by atoms with E-state index >= 15 is 0 Å². The van der Waals surface area contributed by atoms with Gasteiger partial charge >= 0.3 is 0 Å². The Labute approximate surface area is 179 Å². The summed E-state index contributed by atoms with van der Waals surface area (Å²) in [6.45, 7) is 8.88. The van der Waals surface area contributed by atoms with E-state index in [0.29, 0.717) is 36.9 Å². The highest BCUT2D eigenvalue weighted by Crippen LogP contribution is 2.18. The summed E-state index contributed by atoms with van der Waals surface area (Å²) in [6, 6.07) is 15.2. The maximum atomic E-state index is 13.0. The van der Waals surface area contributed by atoms with E-state index in [9.17, 15) is 9.59 Å². The zero-order valence-corrected chi connectivity index (χ0v) is 18.5. The van der Waals surface area contributed by atoms with Gasteiger partial charge in [0.25, 0.3) is 0 Å². The summed E-state index contributed by atoms with van der Waals surface area (Å²) in [6.07, 6.45) is 1.01. The Kier molecular flexibility index (Phi) is 8.71. The smallest absolute Gasteiger partial charge is 0.242 e. The molecule has 4 nitrogen and oxygen atoms in total. The number of hydrogen-bond acceptors (Lipinski definition) is 2. The minimum atomic E-state index is -0.540. The van der Waals surface area contributed by atoms with Crippen LogP contribution in [0.5, 0.6) is 0 Å². The quantitative estimate of drug-likeness (QED) is 0.631. The van der Waals surface area contributed by atoms with Crippen LogP contribution in [0.25, 0.3) is 0 Å². The number of benzene rings is 2. The fourth-order valence-electron chi connectivity index (χ4n) is 3.16. The van der Waals surface area contributed by atoms with Gasteiger partial charge in [-0.15, -0.1) is 0 Å². The topological polar surface area (TPSA) is 49.4 Å². The highest BCUT2D eigenvalue weighted by molar-refractivity contribution is 6.30. The number of rotatable bonds is 9. The third kappa shape index (κ3) is 6.90. The lowest BCUT2D eigenvalue weighted by molar-refractivity contribution is -0.140. The highest BCUT2D eigenvalue weighted by atomic mass is 35.5. The molecule has 0 spiro atoms. The largest absolute Gasteiger partial charge is 0.355 e. The van der Waals surface area contributed by atoms with Crippen molar-refractivity contribution < 1.29 is 9.59 Å². The number of aryl methyl sites for hydroxylation is 1. The molecule has 0 aromatic heterocycles. The van der Waals surface area contributed by atoms with Crippen LogP contribution in [0.15, 0.2) is 48.5 Å². The van der Waals surface area contributed by atoms with Gasteiger partial charge in [0.05, 0.1) is 0 Å². The van der Waals surface area contributed by atoms with Crippen molar-refractivity contribution in [3.63, 3.8) is 0 Å². The Balaban J connectivity index is 2.10. The normalized spacial score (nSPS) is 11.9. The van der Waals surface area contributed by atoms with E-state index in [1.165, 1.54) is 5.56 Å². The second kappa shape index (κ2) is 11.0. The molecule has 0 radical (unpaired) electrons. The van der Waals surface area contributed by atoms with Crippen LogP contribution in [-0.4, -0.2) is 29.3 Å². The Morgan fingerprint density at radius 3 is 2.10 bits per heavy atom. The van der Waals surface area contributed by atoms with Crippen molar-refractivity contribution in [2.75, 3.05) is 6.54 Å². The molecule has 0 heterocycles. The van der Waals surface area contributed by atoms with Crippen molar-refractivity contribution in [1.82, 2.24) is 10.2 Å². The summed E-state index contributed by atoms with van der Waals surface area (Å²) < 4.78 is 0. The molecule has 156 valence electrons. The van der Waals surface area contributed by atoms with E-state index in [4.69, 9.17) is 11.6 Å². The van der Waals surface area contributed by atoms with Crippen molar-refractivity contribution in [1.29, 1.82) is 0 Å². The molecule has 2 rings (SSSR count). The Morgan fingerprint density at radius 1 is 0.966 bits per heavy atom. The predicted octanol–water partition coefficient (Wildman–Crippen LogP) is 4.95. The highest BCUT2D eigenvalue weighted by Gasteiger charge is 2.25. The van der Waals surface area contributed by atoms with Gasteiger partial charge in [-0.05, 0) is 55.0 Å². The van der Waals surface area contributed by atoms with Gasteiger partial charge in [0.2, 0.25) is 11.8 Å². The van der Waals surface area contributed by atoms with E-state index in [1.54, 1.807) is 24.0 Å². The Bertz CT molecular complexity index is 801. The van der Waals surface area contributed by atoms with Gasteiger partial charge in [-0.1, -0.05) is 61.8 Å². The molecule has 2 aromatic carbocycles. The van der Waals surface area contributed by atoms with Gasteiger partial charge in [-0.3, -0.25) is 9.59 Å². The Morgan fingerprint density at radius 2 is 1.55 bits per heavy atom. The third-order valence-electron chi connectivity index (χ3n) is 5.06. The van der Waals surface area contributed by atoms with Gasteiger partial charge in [0.1, 0.15) is 6.04 Å². The number of nitrogens with zero attached hydrogens (tertiary/aromatic N) is 1. The minimum absolute atomic E-state index is 0.0355. The van der Waals surface area contributed by atoms with E-state index < -0.39 is 6.04 Å². The molecule has 29 heavy (non-hydrogen) atoms. The Hall–Kier alpha value is -2.33. The van der Waals surface area contributed by atoms with Crippen molar-refractivity contribution in [2.45, 2.75) is 59.0 Å². The molecule has 0 bridgehead atoms. The summed E-state index contributed by atoms with van der Waals surface area (Å²) >= 11 is 5.97. The van der Waals surface area contributed by atoms with E-state index in [0.717, 1.165) is 11.1 Å². The number of hydrogen-bond donors (Lipinski definition) is 1. The number of carbonyl (C=O) groups excluding carboxylic acids is 2. The van der Waals surface area contributed by atoms with Crippen LogP contribution in [0.3, 0.4) is 0 Å². The van der Waals surface area contributed by atoms with Gasteiger partial charge in [0, 0.05) is 24.5 Å². The number of likely N-dealkylation sites (N-methyl/N-ethyl adjacent to an activating group) is 1. The maximum Gasteiger partial charge on any atom is 0.242 e. The third-order valence-corrected chi connectivity index (χ3v) is 5.31. The number of halogens is 1. The standard InChI is InChI=1S/C24H31ClN2O2/c1-5-26-24(29)18(4)27(16-20-8-13-22(25)14-9-20)23(28)15-10-19-6-11-21(12-7-19)17(2)3/h6-9,11-14,17-18H,5,10,15-16H2,1-4H3,(H,26,29)/t18-/m0/s1. The molecule has 0 aliphatic carbocycles. The number of carbonyl (C=O) groups is 2. The van der Waals surface area contributed by atoms with Gasteiger partial charge < -0.3 is 10.2 Å². The lowest BCUT2D eigenvalue weighted by atomic mass is 10.00. The molecular formula is C24H31ClN2O2. The number of amides is 2. The summed E-state index contributed by atoms with van der Waals surface area (Å²) in [4.78, 5) is 27.1. The van der Waals surface area contributed by atoms with Crippen LogP contribution < -0.4 is 5.32 Å². The van der Waals surface area contributed by atoms with Crippen LogP contribution in [0, 0.1) is 0 Å². The van der Waals surface area contributed by atoms with Crippen LogP contribution in [0.2, 0.25) is 5.02 Å². The van der Waals surface area contributed by atoms with E-state index in [1.807, 2.05) is 19.1 Å². The van der Waals surface area contributed by atoms with Crippen molar-refractivity contribution in [2.24, 2.45) is 0 Å². The first-order chi connectivity index (χ1) is 13.8. The zero-order chi connectivity index (χ0) is 21.4. The predicted molar refractivity (Wildman–Crippen MR) is 119 cm³/mol. The summed E-state index contributed by atoms with van der Waals surface area (Å²) in [5.41, 5.74) is 3.36. The van der Waals surface area contributed by atoms with E-state index in [-0.39, 0.29) is 11.8 Å². The van der Waals surface area contributed by atoms with Crippen LogP contribution in [0.4, 0.5) is 0 Å². The first-order valence-electron chi connectivity index (χ1n) is 10.2. The SMILES string of the molecule is CCNC(=O)[C@H](C)N(Cc1ccc(Cl)cc1)C(=O)CCc1ccc(C(C)C)cc1. The van der Waals surface area contributed by atoms with Crippen LogP contribution >= 0.6 is 11.6 Å². The second-order valence-electron chi connectivity index (χ2n) is 7.61. The molecular weight excluding hydrogens is 384 g/mol. The molecule has 2 amide bonds. The fourth-order valence-corrected chi connectivity index (χ4v) is 3.28. The summed E-state index contributed by atoms with van der Waals surface area (Å²) in [5, 5.41) is 3.46. The molecule has 0 unspecified atom stereocenters. The molecule has 5 heteroatoms.